The van der Waals surface area contributed by atoms with Gasteiger partial charge < -0.3 is 4.74 Å². The lowest BCUT2D eigenvalue weighted by molar-refractivity contribution is -0.384. The van der Waals surface area contributed by atoms with Crippen molar-refractivity contribution in [3.05, 3.63) is 32.3 Å². The van der Waals surface area contributed by atoms with Crippen LogP contribution in [0.4, 0.5) is 5.69 Å². The number of aldehydes is 1. The van der Waals surface area contributed by atoms with Crippen LogP contribution in [0, 0.1) is 10.1 Å². The molecule has 0 bridgehead atoms. The monoisotopic (exact) mass is 249 g/mol. The van der Waals surface area contributed by atoms with Gasteiger partial charge in [-0.05, 0) is 0 Å². The van der Waals surface area contributed by atoms with Crippen molar-refractivity contribution >= 4 is 35.2 Å². The zero-order valence-electron chi connectivity index (χ0n) is 7.28. The van der Waals surface area contributed by atoms with E-state index in [9.17, 15) is 14.9 Å². The van der Waals surface area contributed by atoms with Crippen LogP contribution in [-0.2, 0) is 4.79 Å². The summed E-state index contributed by atoms with van der Waals surface area (Å²) >= 11 is 11.4. The fraction of sp³-hybridized carbons (Fsp3) is 0.125. The van der Waals surface area contributed by atoms with E-state index in [-0.39, 0.29) is 28.1 Å². The summed E-state index contributed by atoms with van der Waals surface area (Å²) in [5, 5.41) is 10.4. The molecule has 80 valence electrons. The normalized spacial score (nSPS) is 9.73. The lowest BCUT2D eigenvalue weighted by atomic mass is 10.3. The largest absolute Gasteiger partial charge is 0.483 e. The Kier molecular flexibility index (Phi) is 3.88. The Bertz CT molecular complexity index is 385. The Morgan fingerprint density at radius 1 is 1.40 bits per heavy atom. The maximum Gasteiger partial charge on any atom is 0.272 e. The molecule has 0 aromatic heterocycles. The molecule has 0 aliphatic carbocycles. The van der Waals surface area contributed by atoms with Crippen LogP contribution < -0.4 is 4.74 Å². The number of benzene rings is 1. The zero-order chi connectivity index (χ0) is 11.4. The maximum absolute atomic E-state index is 10.4. The first-order valence-electron chi connectivity index (χ1n) is 3.76. The van der Waals surface area contributed by atoms with E-state index >= 15 is 0 Å². The van der Waals surface area contributed by atoms with Crippen LogP contribution in [0.15, 0.2) is 12.1 Å². The van der Waals surface area contributed by atoms with Gasteiger partial charge >= 0.3 is 0 Å². The molecule has 0 atom stereocenters. The van der Waals surface area contributed by atoms with Gasteiger partial charge in [-0.25, -0.2) is 0 Å². The van der Waals surface area contributed by atoms with Gasteiger partial charge in [0.2, 0.25) is 0 Å². The van der Waals surface area contributed by atoms with E-state index in [1.54, 1.807) is 0 Å². The summed E-state index contributed by atoms with van der Waals surface area (Å²) in [6.45, 7) is -0.211. The van der Waals surface area contributed by atoms with Crippen molar-refractivity contribution in [2.75, 3.05) is 6.61 Å². The fourth-order valence-corrected chi connectivity index (χ4v) is 1.49. The minimum absolute atomic E-state index is 0.00366. The molecule has 0 saturated heterocycles. The third-order valence-corrected chi connectivity index (χ3v) is 2.05. The number of nitro benzene ring substituents is 1. The van der Waals surface area contributed by atoms with Crippen molar-refractivity contribution < 1.29 is 14.5 Å². The summed E-state index contributed by atoms with van der Waals surface area (Å²) in [5.41, 5.74) is -0.233. The molecular formula is C8H5Cl2NO4. The third kappa shape index (κ3) is 2.81. The van der Waals surface area contributed by atoms with E-state index in [0.717, 1.165) is 12.1 Å². The quantitative estimate of drug-likeness (QED) is 0.467. The first-order chi connectivity index (χ1) is 7.06. The molecule has 1 aromatic rings. The molecule has 0 amide bonds. The predicted molar refractivity (Wildman–Crippen MR) is 54.7 cm³/mol. The summed E-state index contributed by atoms with van der Waals surface area (Å²) in [4.78, 5) is 19.9. The van der Waals surface area contributed by atoms with Gasteiger partial charge in [0, 0.05) is 12.1 Å². The number of ether oxygens (including phenoxy) is 1. The number of non-ortho nitro benzene ring substituents is 1. The molecule has 0 aliphatic rings. The first kappa shape index (κ1) is 11.7. The van der Waals surface area contributed by atoms with E-state index in [2.05, 4.69) is 0 Å². The SMILES string of the molecule is O=CCOc1c(Cl)cc([N+](=O)[O-])cc1Cl. The predicted octanol–water partition coefficient (Wildman–Crippen LogP) is 2.48. The highest BCUT2D eigenvalue weighted by atomic mass is 35.5. The summed E-state index contributed by atoms with van der Waals surface area (Å²) in [5.74, 6) is 0.0658. The Morgan fingerprint density at radius 3 is 2.33 bits per heavy atom. The molecule has 7 heteroatoms. The maximum atomic E-state index is 10.4. The number of carbonyl (C=O) groups is 1. The van der Waals surface area contributed by atoms with Crippen molar-refractivity contribution in [1.82, 2.24) is 0 Å². The van der Waals surface area contributed by atoms with Crippen LogP contribution in [0.2, 0.25) is 10.0 Å². The van der Waals surface area contributed by atoms with Crippen molar-refractivity contribution in [2.45, 2.75) is 0 Å². The first-order valence-corrected chi connectivity index (χ1v) is 4.51. The number of rotatable bonds is 4. The molecule has 0 fully saturated rings. The highest BCUT2D eigenvalue weighted by Gasteiger charge is 2.15. The van der Waals surface area contributed by atoms with Gasteiger partial charge in [-0.2, -0.15) is 0 Å². The van der Waals surface area contributed by atoms with E-state index in [0.29, 0.717) is 6.29 Å². The van der Waals surface area contributed by atoms with Gasteiger partial charge in [-0.15, -0.1) is 0 Å². The molecule has 5 nitrogen and oxygen atoms in total. The summed E-state index contributed by atoms with van der Waals surface area (Å²) < 4.78 is 4.90. The van der Waals surface area contributed by atoms with Gasteiger partial charge in [0.25, 0.3) is 5.69 Å². The molecule has 0 heterocycles. The molecular weight excluding hydrogens is 245 g/mol. The fourth-order valence-electron chi connectivity index (χ4n) is 0.907. The molecule has 0 saturated carbocycles. The van der Waals surface area contributed by atoms with Gasteiger partial charge in [-0.3, -0.25) is 14.9 Å². The standard InChI is InChI=1S/C8H5Cl2NO4/c9-6-3-5(11(13)14)4-7(10)8(6)15-2-1-12/h1,3-4H,2H2. The third-order valence-electron chi connectivity index (χ3n) is 1.49. The highest BCUT2D eigenvalue weighted by Crippen LogP contribution is 2.36. The molecule has 0 aliphatic heterocycles. The summed E-state index contributed by atoms with van der Waals surface area (Å²) in [7, 11) is 0. The number of hydrogen-bond donors (Lipinski definition) is 0. The van der Waals surface area contributed by atoms with Gasteiger partial charge in [-0.1, -0.05) is 23.2 Å². The van der Waals surface area contributed by atoms with E-state index in [1.165, 1.54) is 0 Å². The number of nitro groups is 1. The minimum atomic E-state index is -0.624. The van der Waals surface area contributed by atoms with Gasteiger partial charge in [0.1, 0.15) is 6.61 Å². The van der Waals surface area contributed by atoms with Gasteiger partial charge in [0.15, 0.2) is 12.0 Å². The molecule has 1 aromatic carbocycles. The van der Waals surface area contributed by atoms with Crippen LogP contribution in [0.5, 0.6) is 5.75 Å². The van der Waals surface area contributed by atoms with E-state index in [4.69, 9.17) is 27.9 Å². The summed E-state index contributed by atoms with van der Waals surface area (Å²) in [6.07, 6.45) is 0.522. The van der Waals surface area contributed by atoms with Crippen LogP contribution in [0.25, 0.3) is 0 Å². The van der Waals surface area contributed by atoms with Crippen molar-refractivity contribution in [3.63, 3.8) is 0 Å². The smallest absolute Gasteiger partial charge is 0.272 e. The molecule has 0 unspecified atom stereocenters. The molecule has 0 spiro atoms. The lowest BCUT2D eigenvalue weighted by Crippen LogP contribution is -1.99. The Balaban J connectivity index is 3.09. The lowest BCUT2D eigenvalue weighted by Gasteiger charge is -2.06. The average molecular weight is 250 g/mol. The van der Waals surface area contributed by atoms with Crippen molar-refractivity contribution in [1.29, 1.82) is 0 Å². The molecule has 0 N–H and O–H groups in total. The number of nitrogens with zero attached hydrogens (tertiary/aromatic N) is 1. The zero-order valence-corrected chi connectivity index (χ0v) is 8.79. The van der Waals surface area contributed by atoms with Crippen LogP contribution >= 0.6 is 23.2 Å². The number of hydrogen-bond acceptors (Lipinski definition) is 4. The van der Waals surface area contributed by atoms with Crippen molar-refractivity contribution in [2.24, 2.45) is 0 Å². The van der Waals surface area contributed by atoms with Gasteiger partial charge in [0.05, 0.1) is 15.0 Å². The molecule has 15 heavy (non-hydrogen) atoms. The van der Waals surface area contributed by atoms with E-state index < -0.39 is 4.92 Å². The van der Waals surface area contributed by atoms with Crippen LogP contribution in [-0.4, -0.2) is 17.8 Å². The average Bonchev–Trinajstić information content (AvgIpc) is 2.16. The molecule has 0 radical (unpaired) electrons. The number of halogens is 2. The minimum Gasteiger partial charge on any atom is -0.483 e. The second-order valence-corrected chi connectivity index (χ2v) is 3.29. The highest BCUT2D eigenvalue weighted by molar-refractivity contribution is 6.37. The summed E-state index contributed by atoms with van der Waals surface area (Å²) in [6, 6.07) is 2.21. The van der Waals surface area contributed by atoms with E-state index in [1.807, 2.05) is 0 Å². The molecule has 1 rings (SSSR count). The topological polar surface area (TPSA) is 69.4 Å². The van der Waals surface area contributed by atoms with Crippen LogP contribution in [0.1, 0.15) is 0 Å². The Labute approximate surface area is 94.7 Å². The van der Waals surface area contributed by atoms with Crippen molar-refractivity contribution in [3.8, 4) is 5.75 Å². The second-order valence-electron chi connectivity index (χ2n) is 2.47. The Hall–Kier alpha value is -1.33. The Morgan fingerprint density at radius 2 is 1.93 bits per heavy atom. The van der Waals surface area contributed by atoms with Crippen LogP contribution in [0.3, 0.4) is 0 Å². The second kappa shape index (κ2) is 4.95. The number of carbonyl (C=O) groups excluding carboxylic acids is 1.